The maximum atomic E-state index is 13.4. The first-order chi connectivity index (χ1) is 15.2. The number of carbonyl (C=O) groups is 1. The molecule has 168 valence electrons. The molecule has 1 atom stereocenters. The normalized spacial score (nSPS) is 12.1. The smallest absolute Gasteiger partial charge is 0.264 e. The van der Waals surface area contributed by atoms with Crippen LogP contribution in [0.15, 0.2) is 77.7 Å². The summed E-state index contributed by atoms with van der Waals surface area (Å²) in [5.74, 6) is 0.0951. The molecule has 32 heavy (non-hydrogen) atoms. The molecular weight excluding hydrogens is 424 g/mol. The molecule has 3 rings (SSSR count). The third-order valence-corrected chi connectivity index (χ3v) is 7.16. The minimum absolute atomic E-state index is 0.109. The first kappa shape index (κ1) is 23.3. The molecule has 3 aromatic carbocycles. The zero-order chi connectivity index (χ0) is 23.3. The van der Waals surface area contributed by atoms with Crippen LogP contribution in [0, 0.1) is 13.8 Å². The van der Waals surface area contributed by atoms with E-state index in [-0.39, 0.29) is 17.5 Å². The van der Waals surface area contributed by atoms with Gasteiger partial charge in [0.15, 0.2) is 0 Å². The van der Waals surface area contributed by atoms with Crippen LogP contribution < -0.4 is 14.4 Å². The van der Waals surface area contributed by atoms with E-state index in [9.17, 15) is 13.2 Å². The van der Waals surface area contributed by atoms with Gasteiger partial charge in [-0.25, -0.2) is 8.42 Å². The molecule has 1 unspecified atom stereocenters. The van der Waals surface area contributed by atoms with E-state index >= 15 is 0 Å². The van der Waals surface area contributed by atoms with Crippen molar-refractivity contribution in [2.45, 2.75) is 31.7 Å². The Hall–Kier alpha value is -3.32. The van der Waals surface area contributed by atoms with Gasteiger partial charge in [-0.2, -0.15) is 0 Å². The van der Waals surface area contributed by atoms with Gasteiger partial charge >= 0.3 is 0 Å². The first-order valence-corrected chi connectivity index (χ1v) is 11.7. The Labute approximate surface area is 189 Å². The molecule has 0 radical (unpaired) electrons. The molecule has 6 nitrogen and oxygen atoms in total. The summed E-state index contributed by atoms with van der Waals surface area (Å²) >= 11 is 0. The molecule has 0 saturated heterocycles. The predicted octanol–water partition coefficient (Wildman–Crippen LogP) is 4.38. The van der Waals surface area contributed by atoms with Gasteiger partial charge in [0.1, 0.15) is 12.3 Å². The Morgan fingerprint density at radius 2 is 1.69 bits per heavy atom. The second-order valence-corrected chi connectivity index (χ2v) is 9.52. The van der Waals surface area contributed by atoms with Gasteiger partial charge in [0.25, 0.3) is 10.0 Å². The minimum Gasteiger partial charge on any atom is -0.497 e. The number of nitrogens with one attached hydrogen (secondary N) is 1. The lowest BCUT2D eigenvalue weighted by molar-refractivity contribution is -0.120. The van der Waals surface area contributed by atoms with E-state index in [1.165, 1.54) is 24.8 Å². The van der Waals surface area contributed by atoms with E-state index in [0.29, 0.717) is 11.4 Å². The summed E-state index contributed by atoms with van der Waals surface area (Å²) in [6.45, 7) is 5.57. The number of anilines is 1. The van der Waals surface area contributed by atoms with Crippen LogP contribution in [0.4, 0.5) is 5.69 Å². The topological polar surface area (TPSA) is 75.7 Å². The number of hydrogen-bond acceptors (Lipinski definition) is 4. The second-order valence-electron chi connectivity index (χ2n) is 7.66. The number of aryl methyl sites for hydroxylation is 2. The van der Waals surface area contributed by atoms with Crippen LogP contribution in [0.1, 0.15) is 29.7 Å². The highest BCUT2D eigenvalue weighted by Crippen LogP contribution is 2.27. The van der Waals surface area contributed by atoms with Crippen LogP contribution in [0.2, 0.25) is 0 Å². The van der Waals surface area contributed by atoms with Crippen molar-refractivity contribution < 1.29 is 17.9 Å². The summed E-state index contributed by atoms with van der Waals surface area (Å²) in [5.41, 5.74) is 3.61. The van der Waals surface area contributed by atoms with E-state index < -0.39 is 15.9 Å². The van der Waals surface area contributed by atoms with E-state index in [4.69, 9.17) is 4.74 Å². The molecule has 0 aliphatic rings. The summed E-state index contributed by atoms with van der Waals surface area (Å²) in [5, 5.41) is 2.92. The molecule has 1 amide bonds. The quantitative estimate of drug-likeness (QED) is 0.550. The highest BCUT2D eigenvalue weighted by Gasteiger charge is 2.28. The average molecular weight is 453 g/mol. The molecule has 0 heterocycles. The van der Waals surface area contributed by atoms with E-state index in [0.717, 1.165) is 15.4 Å². The number of rotatable bonds is 8. The molecule has 0 spiro atoms. The SMILES string of the molecule is COc1cccc(N(CC(=O)NC(C)c2ccc(C)c(C)c2)S(=O)(=O)c2ccccc2)c1. The molecule has 7 heteroatoms. The summed E-state index contributed by atoms with van der Waals surface area (Å²) in [6.07, 6.45) is 0. The van der Waals surface area contributed by atoms with Gasteiger partial charge in [0.2, 0.25) is 5.91 Å². The van der Waals surface area contributed by atoms with E-state index in [2.05, 4.69) is 5.32 Å². The zero-order valence-corrected chi connectivity index (χ0v) is 19.5. The maximum absolute atomic E-state index is 13.4. The molecule has 0 aliphatic heterocycles. The van der Waals surface area contributed by atoms with Crippen molar-refractivity contribution in [3.8, 4) is 5.75 Å². The van der Waals surface area contributed by atoms with Crippen molar-refractivity contribution in [1.82, 2.24) is 5.32 Å². The van der Waals surface area contributed by atoms with Gasteiger partial charge < -0.3 is 10.1 Å². The molecule has 0 aliphatic carbocycles. The maximum Gasteiger partial charge on any atom is 0.264 e. The number of ether oxygens (including phenoxy) is 1. The minimum atomic E-state index is -3.97. The van der Waals surface area contributed by atoms with Gasteiger partial charge in [-0.1, -0.05) is 42.5 Å². The van der Waals surface area contributed by atoms with Crippen LogP contribution >= 0.6 is 0 Å². The van der Waals surface area contributed by atoms with Gasteiger partial charge in [0.05, 0.1) is 23.7 Å². The van der Waals surface area contributed by atoms with E-state index in [1.807, 2.05) is 39.0 Å². The highest BCUT2D eigenvalue weighted by molar-refractivity contribution is 7.92. The van der Waals surface area contributed by atoms with Crippen LogP contribution in [0.3, 0.4) is 0 Å². The Morgan fingerprint density at radius 1 is 0.969 bits per heavy atom. The lowest BCUT2D eigenvalue weighted by Gasteiger charge is -2.25. The molecular formula is C25H28N2O4S. The summed E-state index contributed by atoms with van der Waals surface area (Å²) < 4.78 is 33.2. The number of carbonyl (C=O) groups excluding carboxylic acids is 1. The summed E-state index contributed by atoms with van der Waals surface area (Å²) in [4.78, 5) is 13.1. The lowest BCUT2D eigenvalue weighted by atomic mass is 10.0. The van der Waals surface area contributed by atoms with E-state index in [1.54, 1.807) is 42.5 Å². The van der Waals surface area contributed by atoms with Crippen molar-refractivity contribution in [3.63, 3.8) is 0 Å². The number of amides is 1. The number of sulfonamides is 1. The van der Waals surface area contributed by atoms with Crippen LogP contribution in [0.5, 0.6) is 5.75 Å². The average Bonchev–Trinajstić information content (AvgIpc) is 2.79. The van der Waals surface area contributed by atoms with Crippen molar-refractivity contribution in [2.75, 3.05) is 18.0 Å². The van der Waals surface area contributed by atoms with Gasteiger partial charge in [-0.15, -0.1) is 0 Å². The van der Waals surface area contributed by atoms with Crippen molar-refractivity contribution in [2.24, 2.45) is 0 Å². The molecule has 1 N–H and O–H groups in total. The lowest BCUT2D eigenvalue weighted by Crippen LogP contribution is -2.41. The van der Waals surface area contributed by atoms with Crippen molar-refractivity contribution in [3.05, 3.63) is 89.5 Å². The fraction of sp³-hybridized carbons (Fsp3) is 0.240. The molecule has 0 saturated carbocycles. The van der Waals surface area contributed by atoms with Gasteiger partial charge in [-0.3, -0.25) is 9.10 Å². The Bertz CT molecular complexity index is 1190. The number of nitrogens with zero attached hydrogens (tertiary/aromatic N) is 1. The highest BCUT2D eigenvalue weighted by atomic mass is 32.2. The number of methoxy groups -OCH3 is 1. The Morgan fingerprint density at radius 3 is 2.34 bits per heavy atom. The predicted molar refractivity (Wildman–Crippen MR) is 126 cm³/mol. The monoisotopic (exact) mass is 452 g/mol. The Balaban J connectivity index is 1.89. The van der Waals surface area contributed by atoms with Crippen molar-refractivity contribution in [1.29, 1.82) is 0 Å². The number of benzene rings is 3. The first-order valence-electron chi connectivity index (χ1n) is 10.3. The van der Waals surface area contributed by atoms with Crippen LogP contribution in [0.25, 0.3) is 0 Å². The fourth-order valence-corrected chi connectivity index (χ4v) is 4.77. The summed E-state index contributed by atoms with van der Waals surface area (Å²) in [7, 11) is -2.46. The third kappa shape index (κ3) is 5.29. The third-order valence-electron chi connectivity index (χ3n) is 5.37. The molecule has 0 bridgehead atoms. The van der Waals surface area contributed by atoms with Crippen LogP contribution in [-0.2, 0) is 14.8 Å². The Kier molecular flexibility index (Phi) is 7.20. The largest absolute Gasteiger partial charge is 0.497 e. The molecule has 0 aromatic heterocycles. The fourth-order valence-electron chi connectivity index (χ4n) is 3.34. The van der Waals surface area contributed by atoms with Gasteiger partial charge in [-0.05, 0) is 61.7 Å². The number of hydrogen-bond donors (Lipinski definition) is 1. The van der Waals surface area contributed by atoms with Crippen LogP contribution in [-0.4, -0.2) is 28.0 Å². The molecule has 3 aromatic rings. The second kappa shape index (κ2) is 9.87. The molecule has 0 fully saturated rings. The van der Waals surface area contributed by atoms with Crippen molar-refractivity contribution >= 4 is 21.6 Å². The standard InChI is InChI=1S/C25H28N2O4S/c1-18-13-14-21(15-19(18)2)20(3)26-25(28)17-27(22-9-8-10-23(16-22)31-4)32(29,30)24-11-6-5-7-12-24/h5-16,20H,17H2,1-4H3,(H,26,28). The zero-order valence-electron chi connectivity index (χ0n) is 18.7. The van der Waals surface area contributed by atoms with Gasteiger partial charge in [0, 0.05) is 6.07 Å². The summed E-state index contributed by atoms with van der Waals surface area (Å²) in [6, 6.07) is 20.5.